The summed E-state index contributed by atoms with van der Waals surface area (Å²) in [6.45, 7) is 0. The summed E-state index contributed by atoms with van der Waals surface area (Å²) in [7, 11) is 0. The average Bonchev–Trinajstić information content (AvgIpc) is 2.80. The van der Waals surface area contributed by atoms with E-state index < -0.39 is 4.92 Å². The van der Waals surface area contributed by atoms with Gasteiger partial charge in [-0.15, -0.1) is 0 Å². The highest BCUT2D eigenvalue weighted by molar-refractivity contribution is 7.08. The molecule has 80 valence electrons. The van der Waals surface area contributed by atoms with E-state index in [2.05, 4.69) is 4.98 Å². The summed E-state index contributed by atoms with van der Waals surface area (Å²) in [6, 6.07) is 5.06. The van der Waals surface area contributed by atoms with Crippen molar-refractivity contribution >= 4 is 29.2 Å². The van der Waals surface area contributed by atoms with Crippen molar-refractivity contribution in [3.8, 4) is 0 Å². The number of nitrogens with zero attached hydrogens (tertiary/aromatic N) is 2. The van der Waals surface area contributed by atoms with Crippen molar-refractivity contribution in [2.24, 2.45) is 0 Å². The van der Waals surface area contributed by atoms with Crippen molar-refractivity contribution in [2.45, 2.75) is 0 Å². The summed E-state index contributed by atoms with van der Waals surface area (Å²) in [4.78, 5) is 13.9. The van der Waals surface area contributed by atoms with Crippen LogP contribution in [0.15, 0.2) is 35.2 Å². The molecule has 0 aliphatic heterocycles. The van der Waals surface area contributed by atoms with Crippen LogP contribution in [0.25, 0.3) is 12.2 Å². The molecule has 2 aromatic heterocycles. The zero-order valence-corrected chi connectivity index (χ0v) is 9.05. The average molecular weight is 232 g/mol. The van der Waals surface area contributed by atoms with Gasteiger partial charge >= 0.3 is 0 Å². The van der Waals surface area contributed by atoms with E-state index in [0.717, 1.165) is 5.56 Å². The predicted molar refractivity (Wildman–Crippen MR) is 64.1 cm³/mol. The molecular formula is C11H8N2O2S. The molecule has 0 atom stereocenters. The molecule has 0 saturated heterocycles. The minimum absolute atomic E-state index is 0.00711. The maximum atomic E-state index is 10.4. The van der Waals surface area contributed by atoms with Crippen LogP contribution in [0.2, 0.25) is 0 Å². The standard InChI is InChI=1S/C11H8N2O2S/c14-13(15)11-4-3-10(12-7-11)2-1-9-5-6-16-8-9/h1-8H/b2-1+. The number of pyridine rings is 1. The highest BCUT2D eigenvalue weighted by Crippen LogP contribution is 2.12. The summed E-state index contributed by atoms with van der Waals surface area (Å²) in [5, 5.41) is 14.4. The quantitative estimate of drug-likeness (QED) is 0.603. The molecule has 0 spiro atoms. The maximum absolute atomic E-state index is 10.4. The highest BCUT2D eigenvalue weighted by Gasteiger charge is 2.03. The van der Waals surface area contributed by atoms with Crippen LogP contribution in [0.5, 0.6) is 0 Å². The fourth-order valence-corrected chi connectivity index (χ4v) is 1.78. The van der Waals surface area contributed by atoms with Gasteiger partial charge in [-0.05, 0) is 34.5 Å². The van der Waals surface area contributed by atoms with E-state index >= 15 is 0 Å². The number of hydrogen-bond donors (Lipinski definition) is 0. The Hall–Kier alpha value is -2.01. The van der Waals surface area contributed by atoms with Gasteiger partial charge in [0.2, 0.25) is 0 Å². The van der Waals surface area contributed by atoms with Crippen molar-refractivity contribution < 1.29 is 4.92 Å². The molecule has 0 unspecified atom stereocenters. The van der Waals surface area contributed by atoms with Gasteiger partial charge in [0, 0.05) is 6.07 Å². The van der Waals surface area contributed by atoms with Gasteiger partial charge in [0.15, 0.2) is 0 Å². The highest BCUT2D eigenvalue weighted by atomic mass is 32.1. The Morgan fingerprint density at radius 3 is 2.75 bits per heavy atom. The van der Waals surface area contributed by atoms with E-state index in [0.29, 0.717) is 5.69 Å². The van der Waals surface area contributed by atoms with Crippen molar-refractivity contribution in [1.29, 1.82) is 0 Å². The fraction of sp³-hybridized carbons (Fsp3) is 0. The van der Waals surface area contributed by atoms with Crippen molar-refractivity contribution in [2.75, 3.05) is 0 Å². The van der Waals surface area contributed by atoms with Crippen LogP contribution < -0.4 is 0 Å². The molecule has 0 aromatic carbocycles. The molecule has 5 heteroatoms. The first kappa shape index (κ1) is 10.5. The van der Waals surface area contributed by atoms with Crippen molar-refractivity contribution in [3.63, 3.8) is 0 Å². The van der Waals surface area contributed by atoms with E-state index in [4.69, 9.17) is 0 Å². The first-order valence-corrected chi connectivity index (χ1v) is 5.51. The third-order valence-electron chi connectivity index (χ3n) is 1.97. The zero-order valence-electron chi connectivity index (χ0n) is 8.24. The van der Waals surface area contributed by atoms with Crippen LogP contribution in [-0.2, 0) is 0 Å². The van der Waals surface area contributed by atoms with E-state index in [1.54, 1.807) is 17.4 Å². The first-order chi connectivity index (χ1) is 7.75. The normalized spacial score (nSPS) is 10.8. The minimum atomic E-state index is -0.459. The Balaban J connectivity index is 2.14. The van der Waals surface area contributed by atoms with Crippen molar-refractivity contribution in [3.05, 3.63) is 56.5 Å². The number of aromatic nitrogens is 1. The van der Waals surface area contributed by atoms with Gasteiger partial charge in [-0.1, -0.05) is 6.08 Å². The van der Waals surface area contributed by atoms with Gasteiger partial charge in [0.25, 0.3) is 5.69 Å². The Morgan fingerprint density at radius 2 is 2.19 bits per heavy atom. The smallest absolute Gasteiger partial charge is 0.258 e. The second kappa shape index (κ2) is 4.67. The van der Waals surface area contributed by atoms with Crippen LogP contribution in [0, 0.1) is 10.1 Å². The molecule has 0 bridgehead atoms. The lowest BCUT2D eigenvalue weighted by atomic mass is 10.2. The molecule has 0 radical (unpaired) electrons. The summed E-state index contributed by atoms with van der Waals surface area (Å²) in [5.74, 6) is 0. The summed E-state index contributed by atoms with van der Waals surface area (Å²) < 4.78 is 0. The minimum Gasteiger partial charge on any atom is -0.258 e. The molecular weight excluding hydrogens is 224 g/mol. The summed E-state index contributed by atoms with van der Waals surface area (Å²) in [6.07, 6.45) is 5.00. The lowest BCUT2D eigenvalue weighted by Crippen LogP contribution is -1.89. The molecule has 4 nitrogen and oxygen atoms in total. The largest absolute Gasteiger partial charge is 0.287 e. The van der Waals surface area contributed by atoms with Crippen LogP contribution in [0.4, 0.5) is 5.69 Å². The maximum Gasteiger partial charge on any atom is 0.287 e. The molecule has 0 fully saturated rings. The Labute approximate surface area is 96.0 Å². The summed E-state index contributed by atoms with van der Waals surface area (Å²) >= 11 is 1.62. The second-order valence-corrected chi connectivity index (χ2v) is 3.87. The third kappa shape index (κ3) is 2.52. The number of nitro groups is 1. The Bertz CT molecular complexity index is 503. The third-order valence-corrected chi connectivity index (χ3v) is 2.67. The van der Waals surface area contributed by atoms with E-state index in [-0.39, 0.29) is 5.69 Å². The molecule has 0 saturated carbocycles. The molecule has 16 heavy (non-hydrogen) atoms. The van der Waals surface area contributed by atoms with Crippen LogP contribution in [-0.4, -0.2) is 9.91 Å². The van der Waals surface area contributed by atoms with Gasteiger partial charge in [-0.25, -0.2) is 4.98 Å². The predicted octanol–water partition coefficient (Wildman–Crippen LogP) is 3.22. The molecule has 0 aliphatic rings. The van der Waals surface area contributed by atoms with E-state index in [1.165, 1.54) is 12.3 Å². The van der Waals surface area contributed by atoms with E-state index in [9.17, 15) is 10.1 Å². The fourth-order valence-electron chi connectivity index (χ4n) is 1.16. The number of rotatable bonds is 3. The van der Waals surface area contributed by atoms with Crippen LogP contribution in [0.1, 0.15) is 11.3 Å². The zero-order chi connectivity index (χ0) is 11.4. The van der Waals surface area contributed by atoms with Gasteiger partial charge in [-0.3, -0.25) is 10.1 Å². The SMILES string of the molecule is O=[N+]([O-])c1ccc(/C=C/c2ccsc2)nc1. The molecule has 2 heterocycles. The van der Waals surface area contributed by atoms with E-state index in [1.807, 2.05) is 29.0 Å². The Kier molecular flexibility index (Phi) is 3.07. The van der Waals surface area contributed by atoms with Gasteiger partial charge in [-0.2, -0.15) is 11.3 Å². The summed E-state index contributed by atoms with van der Waals surface area (Å²) in [5.41, 5.74) is 1.81. The lowest BCUT2D eigenvalue weighted by Gasteiger charge is -1.92. The molecule has 0 aliphatic carbocycles. The number of thiophene rings is 1. The number of hydrogen-bond acceptors (Lipinski definition) is 4. The topological polar surface area (TPSA) is 56.0 Å². The lowest BCUT2D eigenvalue weighted by molar-refractivity contribution is -0.385. The van der Waals surface area contributed by atoms with Gasteiger partial charge in [0.05, 0.1) is 10.6 Å². The van der Waals surface area contributed by atoms with Crippen LogP contribution >= 0.6 is 11.3 Å². The molecule has 2 rings (SSSR count). The molecule has 0 N–H and O–H groups in total. The monoisotopic (exact) mass is 232 g/mol. The molecule has 2 aromatic rings. The van der Waals surface area contributed by atoms with Crippen LogP contribution in [0.3, 0.4) is 0 Å². The Morgan fingerprint density at radius 1 is 1.31 bits per heavy atom. The first-order valence-electron chi connectivity index (χ1n) is 4.56. The second-order valence-electron chi connectivity index (χ2n) is 3.09. The van der Waals surface area contributed by atoms with Gasteiger partial charge in [0.1, 0.15) is 6.20 Å². The molecule has 0 amide bonds. The van der Waals surface area contributed by atoms with Crippen molar-refractivity contribution in [1.82, 2.24) is 4.98 Å². The van der Waals surface area contributed by atoms with Gasteiger partial charge < -0.3 is 0 Å².